The van der Waals surface area contributed by atoms with Crippen molar-refractivity contribution in [1.29, 1.82) is 0 Å². The van der Waals surface area contributed by atoms with Crippen LogP contribution < -0.4 is 0 Å². The van der Waals surface area contributed by atoms with Gasteiger partial charge in [-0.15, -0.1) is 11.3 Å². The Morgan fingerprint density at radius 3 is 2.82 bits per heavy atom. The summed E-state index contributed by atoms with van der Waals surface area (Å²) in [6, 6.07) is 4.91. The van der Waals surface area contributed by atoms with E-state index in [-0.39, 0.29) is 24.1 Å². The second kappa shape index (κ2) is 10.2. The van der Waals surface area contributed by atoms with Crippen molar-refractivity contribution in [2.24, 2.45) is 11.8 Å². The first-order valence-corrected chi connectivity index (χ1v) is 12.9. The van der Waals surface area contributed by atoms with E-state index in [1.54, 1.807) is 35.1 Å². The Hall–Kier alpha value is -2.41. The van der Waals surface area contributed by atoms with E-state index in [0.717, 1.165) is 61.3 Å². The summed E-state index contributed by atoms with van der Waals surface area (Å²) in [6.07, 6.45) is 6.87. The van der Waals surface area contributed by atoms with Crippen molar-refractivity contribution in [1.82, 2.24) is 19.7 Å². The molecular formula is C26H33FN4OS. The molecule has 1 aliphatic carbocycles. The molecule has 0 saturated heterocycles. The Bertz CT molecular complexity index is 1140. The topological polar surface area (TPSA) is 60.7 Å². The highest BCUT2D eigenvalue weighted by Gasteiger charge is 2.27. The highest BCUT2D eigenvalue weighted by atomic mass is 32.1. The lowest BCUT2D eigenvalue weighted by Crippen LogP contribution is -2.27. The number of fused-ring (bicyclic) bond motifs is 1. The third kappa shape index (κ3) is 5.40. The minimum Gasteiger partial charge on any atom is -0.297 e. The van der Waals surface area contributed by atoms with Gasteiger partial charge in [-0.1, -0.05) is 13.8 Å². The molecule has 0 aliphatic heterocycles. The SMILES string of the molecule is CCCc1nc(-c2ccc(F)c(C)c2)nn1CC(=O)C(C)C1CCCc2nc(C)sc2CC1. The van der Waals surface area contributed by atoms with Crippen molar-refractivity contribution in [2.75, 3.05) is 0 Å². The lowest BCUT2D eigenvalue weighted by molar-refractivity contribution is -0.125. The molecule has 2 heterocycles. The Morgan fingerprint density at radius 2 is 2.06 bits per heavy atom. The molecule has 0 saturated carbocycles. The van der Waals surface area contributed by atoms with Gasteiger partial charge in [-0.3, -0.25) is 4.79 Å². The average molecular weight is 469 g/mol. The molecule has 4 rings (SSSR count). The highest BCUT2D eigenvalue weighted by molar-refractivity contribution is 7.11. The zero-order valence-corrected chi connectivity index (χ0v) is 20.8. The molecule has 7 heteroatoms. The van der Waals surface area contributed by atoms with Gasteiger partial charge in [0, 0.05) is 22.8 Å². The second-order valence-electron chi connectivity index (χ2n) is 9.27. The molecule has 2 unspecified atom stereocenters. The Labute approximate surface area is 199 Å². The fourth-order valence-electron chi connectivity index (χ4n) is 4.77. The van der Waals surface area contributed by atoms with Crippen LogP contribution in [0.2, 0.25) is 0 Å². The van der Waals surface area contributed by atoms with E-state index >= 15 is 0 Å². The molecule has 33 heavy (non-hydrogen) atoms. The van der Waals surface area contributed by atoms with Crippen molar-refractivity contribution in [3.8, 4) is 11.4 Å². The van der Waals surface area contributed by atoms with Crippen LogP contribution in [0.1, 0.15) is 66.5 Å². The van der Waals surface area contributed by atoms with Gasteiger partial charge in [-0.05, 0) is 82.1 Å². The third-order valence-electron chi connectivity index (χ3n) is 6.77. The number of ketones is 1. The fraction of sp³-hybridized carbons (Fsp3) is 0.538. The van der Waals surface area contributed by atoms with Crippen molar-refractivity contribution in [2.45, 2.75) is 79.2 Å². The normalized spacial score (nSPS) is 17.3. The highest BCUT2D eigenvalue weighted by Crippen LogP contribution is 2.32. The van der Waals surface area contributed by atoms with Crippen LogP contribution in [0.25, 0.3) is 11.4 Å². The Morgan fingerprint density at radius 1 is 1.24 bits per heavy atom. The molecule has 5 nitrogen and oxygen atoms in total. The van der Waals surface area contributed by atoms with Gasteiger partial charge in [0.15, 0.2) is 11.6 Å². The number of carbonyl (C=O) groups excluding carboxylic acids is 1. The molecule has 0 spiro atoms. The lowest BCUT2D eigenvalue weighted by Gasteiger charge is -2.25. The second-order valence-corrected chi connectivity index (χ2v) is 10.6. The first kappa shape index (κ1) is 23.7. The molecule has 0 N–H and O–H groups in total. The summed E-state index contributed by atoms with van der Waals surface area (Å²) in [5, 5.41) is 5.80. The molecule has 3 aromatic rings. The first-order chi connectivity index (χ1) is 15.9. The first-order valence-electron chi connectivity index (χ1n) is 12.0. The molecule has 1 aromatic carbocycles. The van der Waals surface area contributed by atoms with Crippen LogP contribution in [0.3, 0.4) is 0 Å². The van der Waals surface area contributed by atoms with Crippen LogP contribution in [0.15, 0.2) is 18.2 Å². The smallest absolute Gasteiger partial charge is 0.181 e. The van der Waals surface area contributed by atoms with Gasteiger partial charge >= 0.3 is 0 Å². The van der Waals surface area contributed by atoms with Crippen LogP contribution in [-0.4, -0.2) is 25.5 Å². The average Bonchev–Trinajstić information content (AvgIpc) is 3.32. The molecule has 2 aromatic heterocycles. The van der Waals surface area contributed by atoms with Crippen LogP contribution in [0.5, 0.6) is 0 Å². The standard InChI is InChI=1S/C26H33FN4OS/c1-5-7-25-29-26(20-10-12-21(27)16(2)14-20)30-31(25)15-23(32)17(3)19-8-6-9-22-24(13-11-19)33-18(4)28-22/h10,12,14,17,19H,5-9,11,13,15H2,1-4H3. The molecule has 0 fully saturated rings. The summed E-state index contributed by atoms with van der Waals surface area (Å²) in [4.78, 5) is 24.1. The number of hydrogen-bond acceptors (Lipinski definition) is 5. The monoisotopic (exact) mass is 468 g/mol. The van der Waals surface area contributed by atoms with Crippen LogP contribution in [0.4, 0.5) is 4.39 Å². The van der Waals surface area contributed by atoms with Crippen molar-refractivity contribution < 1.29 is 9.18 Å². The van der Waals surface area contributed by atoms with Crippen molar-refractivity contribution >= 4 is 17.1 Å². The van der Waals surface area contributed by atoms with Gasteiger partial charge in [0.25, 0.3) is 0 Å². The molecule has 176 valence electrons. The summed E-state index contributed by atoms with van der Waals surface area (Å²) >= 11 is 1.81. The number of thiazole rings is 1. The number of nitrogens with zero attached hydrogens (tertiary/aromatic N) is 4. The number of rotatable bonds is 7. The van der Waals surface area contributed by atoms with Gasteiger partial charge < -0.3 is 0 Å². The van der Waals surface area contributed by atoms with E-state index < -0.39 is 0 Å². The van der Waals surface area contributed by atoms with E-state index in [2.05, 4.69) is 25.9 Å². The van der Waals surface area contributed by atoms with E-state index in [9.17, 15) is 9.18 Å². The minimum absolute atomic E-state index is 0.0178. The number of halogens is 1. The molecule has 2 atom stereocenters. The van der Waals surface area contributed by atoms with Crippen LogP contribution in [-0.2, 0) is 30.6 Å². The largest absolute Gasteiger partial charge is 0.297 e. The zero-order valence-electron chi connectivity index (χ0n) is 20.0. The van der Waals surface area contributed by atoms with Crippen molar-refractivity contribution in [3.63, 3.8) is 0 Å². The zero-order chi connectivity index (χ0) is 23.5. The summed E-state index contributed by atoms with van der Waals surface area (Å²) < 4.78 is 15.5. The predicted molar refractivity (Wildman–Crippen MR) is 130 cm³/mol. The third-order valence-corrected chi connectivity index (χ3v) is 7.85. The molecule has 0 radical (unpaired) electrons. The number of aryl methyl sites for hydroxylation is 5. The number of aromatic nitrogens is 4. The minimum atomic E-state index is -0.240. The van der Waals surface area contributed by atoms with E-state index in [4.69, 9.17) is 9.97 Å². The number of benzene rings is 1. The van der Waals surface area contributed by atoms with E-state index in [0.29, 0.717) is 17.3 Å². The van der Waals surface area contributed by atoms with E-state index in [1.165, 1.54) is 16.6 Å². The fourth-order valence-corrected chi connectivity index (χ4v) is 5.76. The summed E-state index contributed by atoms with van der Waals surface area (Å²) in [5.41, 5.74) is 2.61. The summed E-state index contributed by atoms with van der Waals surface area (Å²) in [7, 11) is 0. The number of Topliss-reactive ketones (excluding diaryl/α,β-unsaturated/α-hetero) is 1. The van der Waals surface area contributed by atoms with Crippen LogP contribution >= 0.6 is 11.3 Å². The van der Waals surface area contributed by atoms with Crippen molar-refractivity contribution in [3.05, 3.63) is 51.0 Å². The molecule has 0 amide bonds. The number of hydrogen-bond donors (Lipinski definition) is 0. The summed E-state index contributed by atoms with van der Waals surface area (Å²) in [6.45, 7) is 8.22. The number of carbonyl (C=O) groups is 1. The molecular weight excluding hydrogens is 435 g/mol. The maximum Gasteiger partial charge on any atom is 0.181 e. The van der Waals surface area contributed by atoms with Gasteiger partial charge in [0.05, 0.1) is 10.7 Å². The Kier molecular flexibility index (Phi) is 7.37. The van der Waals surface area contributed by atoms with Crippen LogP contribution in [0, 0.1) is 31.5 Å². The van der Waals surface area contributed by atoms with Gasteiger partial charge in [-0.25, -0.2) is 19.0 Å². The van der Waals surface area contributed by atoms with Gasteiger partial charge in [0.1, 0.15) is 18.2 Å². The Balaban J connectivity index is 1.48. The molecule has 1 aliphatic rings. The predicted octanol–water partition coefficient (Wildman–Crippen LogP) is 5.90. The lowest BCUT2D eigenvalue weighted by atomic mass is 9.81. The summed E-state index contributed by atoms with van der Waals surface area (Å²) in [5.74, 6) is 1.71. The quantitative estimate of drug-likeness (QED) is 0.433. The maximum absolute atomic E-state index is 13.7. The van der Waals surface area contributed by atoms with Gasteiger partial charge in [0.2, 0.25) is 0 Å². The molecule has 0 bridgehead atoms. The van der Waals surface area contributed by atoms with E-state index in [1.807, 2.05) is 0 Å². The maximum atomic E-state index is 13.7. The van der Waals surface area contributed by atoms with Gasteiger partial charge in [-0.2, -0.15) is 5.10 Å².